The van der Waals surface area contributed by atoms with E-state index in [1.54, 1.807) is 18.2 Å². The number of aromatic nitrogens is 2. The Kier molecular flexibility index (Phi) is 5.09. The molecule has 2 heterocycles. The van der Waals surface area contributed by atoms with Gasteiger partial charge in [-0.2, -0.15) is 0 Å². The molecule has 0 aliphatic carbocycles. The van der Waals surface area contributed by atoms with Crippen LogP contribution in [0.1, 0.15) is 28.8 Å². The number of anilines is 1. The molecule has 0 N–H and O–H groups in total. The van der Waals surface area contributed by atoms with E-state index in [2.05, 4.69) is 23.0 Å². The molecule has 1 aromatic heterocycles. The van der Waals surface area contributed by atoms with Crippen LogP contribution in [0.2, 0.25) is 5.02 Å². The second-order valence-electron chi connectivity index (χ2n) is 7.36. The van der Waals surface area contributed by atoms with Crippen LogP contribution in [0.25, 0.3) is 10.9 Å². The highest BCUT2D eigenvalue weighted by molar-refractivity contribution is 8.00. The Hall–Kier alpha value is -2.44. The van der Waals surface area contributed by atoms with Crippen molar-refractivity contribution in [2.24, 2.45) is 0 Å². The molecule has 4 rings (SSSR count). The predicted molar refractivity (Wildman–Crippen MR) is 117 cm³/mol. The summed E-state index contributed by atoms with van der Waals surface area (Å²) < 4.78 is 0. The number of hydrogen-bond donors (Lipinski definition) is 0. The number of nitrogens with zero attached hydrogens (tertiary/aromatic N) is 3. The van der Waals surface area contributed by atoms with E-state index in [4.69, 9.17) is 11.6 Å². The molecule has 0 spiro atoms. The summed E-state index contributed by atoms with van der Waals surface area (Å²) in [6.45, 7) is 7.92. The Labute approximate surface area is 178 Å². The number of imide groups is 1. The summed E-state index contributed by atoms with van der Waals surface area (Å²) in [7, 11) is 0. The topological polar surface area (TPSA) is 63.2 Å². The lowest BCUT2D eigenvalue weighted by atomic mass is 10.1. The normalized spacial score (nSPS) is 16.9. The van der Waals surface area contributed by atoms with Gasteiger partial charge in [-0.1, -0.05) is 29.4 Å². The van der Waals surface area contributed by atoms with E-state index in [1.807, 2.05) is 26.8 Å². The van der Waals surface area contributed by atoms with Crippen molar-refractivity contribution in [1.82, 2.24) is 9.97 Å². The molecule has 0 saturated carbocycles. The number of amides is 2. The number of aryl methyl sites for hydroxylation is 4. The third-order valence-electron chi connectivity index (χ3n) is 5.25. The van der Waals surface area contributed by atoms with Gasteiger partial charge < -0.3 is 0 Å². The van der Waals surface area contributed by atoms with Gasteiger partial charge in [-0.25, -0.2) is 14.9 Å². The van der Waals surface area contributed by atoms with E-state index < -0.39 is 5.25 Å². The molecule has 7 heteroatoms. The van der Waals surface area contributed by atoms with Crippen LogP contribution < -0.4 is 4.90 Å². The number of hydrogen-bond acceptors (Lipinski definition) is 5. The van der Waals surface area contributed by atoms with Crippen LogP contribution in [-0.2, 0) is 9.59 Å². The summed E-state index contributed by atoms with van der Waals surface area (Å²) in [6.07, 6.45) is 0.113. The first kappa shape index (κ1) is 19.9. The van der Waals surface area contributed by atoms with Gasteiger partial charge in [0.15, 0.2) is 5.16 Å². The molecular formula is C22H20ClN3O2S. The SMILES string of the molecule is Cc1cc2nc(SC3CC(=O)N(c4ccc(C)c(Cl)c4)C3=O)nc(C)c2cc1C. The molecule has 5 nitrogen and oxygen atoms in total. The van der Waals surface area contributed by atoms with Gasteiger partial charge in [0.2, 0.25) is 11.8 Å². The molecule has 1 saturated heterocycles. The summed E-state index contributed by atoms with van der Waals surface area (Å²) in [6, 6.07) is 9.32. The van der Waals surface area contributed by atoms with E-state index in [1.165, 1.54) is 22.2 Å². The lowest BCUT2D eigenvalue weighted by Crippen LogP contribution is -2.31. The lowest BCUT2D eigenvalue weighted by Gasteiger charge is -2.16. The molecular weight excluding hydrogens is 406 g/mol. The Morgan fingerprint density at radius 1 is 1.00 bits per heavy atom. The molecule has 1 fully saturated rings. The van der Waals surface area contributed by atoms with Crippen LogP contribution in [0, 0.1) is 27.7 Å². The van der Waals surface area contributed by atoms with Crippen molar-refractivity contribution in [3.8, 4) is 0 Å². The minimum absolute atomic E-state index is 0.113. The zero-order chi connectivity index (χ0) is 20.9. The van der Waals surface area contributed by atoms with Gasteiger partial charge in [0.05, 0.1) is 11.2 Å². The van der Waals surface area contributed by atoms with Gasteiger partial charge in [-0.15, -0.1) is 0 Å². The highest BCUT2D eigenvalue weighted by Crippen LogP contribution is 2.35. The maximum atomic E-state index is 12.9. The van der Waals surface area contributed by atoms with Crippen LogP contribution in [0.5, 0.6) is 0 Å². The monoisotopic (exact) mass is 425 g/mol. The summed E-state index contributed by atoms with van der Waals surface area (Å²) in [5, 5.41) is 1.49. The number of thioether (sulfide) groups is 1. The molecule has 0 radical (unpaired) electrons. The number of halogens is 1. The second kappa shape index (κ2) is 7.43. The van der Waals surface area contributed by atoms with E-state index in [-0.39, 0.29) is 18.2 Å². The number of fused-ring (bicyclic) bond motifs is 1. The summed E-state index contributed by atoms with van der Waals surface area (Å²) >= 11 is 7.42. The number of rotatable bonds is 3. The molecule has 1 aliphatic rings. The first-order valence-electron chi connectivity index (χ1n) is 9.30. The molecule has 148 valence electrons. The average Bonchev–Trinajstić information content (AvgIpc) is 2.93. The van der Waals surface area contributed by atoms with Crippen LogP contribution in [0.4, 0.5) is 5.69 Å². The van der Waals surface area contributed by atoms with Crippen LogP contribution in [-0.4, -0.2) is 27.0 Å². The number of carbonyl (C=O) groups is 2. The summed E-state index contributed by atoms with van der Waals surface area (Å²) in [5.74, 6) is -0.502. The van der Waals surface area contributed by atoms with Gasteiger partial charge in [-0.05, 0) is 68.7 Å². The van der Waals surface area contributed by atoms with Gasteiger partial charge in [0, 0.05) is 22.5 Å². The largest absolute Gasteiger partial charge is 0.274 e. The standard InChI is InChI=1S/C22H20ClN3O2S/c1-11-5-6-15(9-17(11)23)26-20(27)10-19(21(26)28)29-22-24-14(4)16-7-12(2)13(3)8-18(16)25-22/h5-9,19H,10H2,1-4H3. The van der Waals surface area contributed by atoms with Crippen molar-refractivity contribution in [3.63, 3.8) is 0 Å². The summed E-state index contributed by atoms with van der Waals surface area (Å²) in [5.41, 5.74) is 5.45. The number of benzene rings is 2. The lowest BCUT2D eigenvalue weighted by molar-refractivity contribution is -0.121. The maximum Gasteiger partial charge on any atom is 0.247 e. The fourth-order valence-electron chi connectivity index (χ4n) is 3.38. The molecule has 1 atom stereocenters. The molecule has 1 unspecified atom stereocenters. The minimum atomic E-state index is -0.550. The molecule has 0 bridgehead atoms. The fourth-order valence-corrected chi connectivity index (χ4v) is 4.59. The average molecular weight is 426 g/mol. The highest BCUT2D eigenvalue weighted by atomic mass is 35.5. The van der Waals surface area contributed by atoms with E-state index in [9.17, 15) is 9.59 Å². The molecule has 29 heavy (non-hydrogen) atoms. The first-order chi connectivity index (χ1) is 13.7. The van der Waals surface area contributed by atoms with Gasteiger partial charge in [0.1, 0.15) is 5.25 Å². The van der Waals surface area contributed by atoms with Crippen molar-refractivity contribution in [2.45, 2.75) is 44.5 Å². The van der Waals surface area contributed by atoms with Crippen LogP contribution in [0.15, 0.2) is 35.5 Å². The smallest absolute Gasteiger partial charge is 0.247 e. The Morgan fingerprint density at radius 2 is 1.72 bits per heavy atom. The molecule has 2 aromatic carbocycles. The predicted octanol–water partition coefficient (Wildman–Crippen LogP) is 4.94. The van der Waals surface area contributed by atoms with Crippen molar-refractivity contribution in [1.29, 1.82) is 0 Å². The quantitative estimate of drug-likeness (QED) is 0.439. The minimum Gasteiger partial charge on any atom is -0.274 e. The van der Waals surface area contributed by atoms with E-state index >= 15 is 0 Å². The fraction of sp³-hybridized carbons (Fsp3) is 0.273. The third kappa shape index (κ3) is 3.63. The second-order valence-corrected chi connectivity index (χ2v) is 8.93. The first-order valence-corrected chi connectivity index (χ1v) is 10.6. The van der Waals surface area contributed by atoms with Gasteiger partial charge >= 0.3 is 0 Å². The number of carbonyl (C=O) groups excluding carboxylic acids is 2. The maximum absolute atomic E-state index is 12.9. The van der Waals surface area contributed by atoms with Gasteiger partial charge in [0.25, 0.3) is 0 Å². The van der Waals surface area contributed by atoms with E-state index in [0.29, 0.717) is 15.9 Å². The summed E-state index contributed by atoms with van der Waals surface area (Å²) in [4.78, 5) is 35.9. The Balaban J connectivity index is 1.63. The zero-order valence-corrected chi connectivity index (χ0v) is 18.2. The van der Waals surface area contributed by atoms with Crippen LogP contribution >= 0.6 is 23.4 Å². The Morgan fingerprint density at radius 3 is 2.45 bits per heavy atom. The van der Waals surface area contributed by atoms with Crippen molar-refractivity contribution < 1.29 is 9.59 Å². The zero-order valence-electron chi connectivity index (χ0n) is 16.6. The Bertz CT molecular complexity index is 1180. The molecule has 2 amide bonds. The van der Waals surface area contributed by atoms with E-state index in [0.717, 1.165) is 27.7 Å². The highest BCUT2D eigenvalue weighted by Gasteiger charge is 2.40. The van der Waals surface area contributed by atoms with Crippen molar-refractivity contribution in [2.75, 3.05) is 4.90 Å². The third-order valence-corrected chi connectivity index (χ3v) is 6.70. The molecule has 3 aromatic rings. The van der Waals surface area contributed by atoms with Crippen LogP contribution in [0.3, 0.4) is 0 Å². The van der Waals surface area contributed by atoms with Crippen molar-refractivity contribution in [3.05, 3.63) is 57.7 Å². The van der Waals surface area contributed by atoms with Crippen molar-refractivity contribution >= 4 is 51.8 Å². The van der Waals surface area contributed by atoms with Gasteiger partial charge in [-0.3, -0.25) is 9.59 Å². The molecule has 1 aliphatic heterocycles.